The van der Waals surface area contributed by atoms with Crippen LogP contribution < -0.4 is 10.9 Å². The van der Waals surface area contributed by atoms with Crippen molar-refractivity contribution in [3.05, 3.63) is 51.6 Å². The molecule has 7 heteroatoms. The molecule has 2 atom stereocenters. The zero-order chi connectivity index (χ0) is 17.6. The van der Waals surface area contributed by atoms with Crippen LogP contribution in [0.25, 0.3) is 21.3 Å². The highest BCUT2D eigenvalue weighted by molar-refractivity contribution is 7.19. The van der Waals surface area contributed by atoms with E-state index in [-0.39, 0.29) is 17.4 Å². The van der Waals surface area contributed by atoms with Gasteiger partial charge in [-0.1, -0.05) is 12.1 Å². The molecule has 0 aliphatic carbocycles. The van der Waals surface area contributed by atoms with Gasteiger partial charge in [0.05, 0.1) is 23.9 Å². The van der Waals surface area contributed by atoms with E-state index in [9.17, 15) is 14.3 Å². The number of hydrogen-bond donors (Lipinski definition) is 2. The molecule has 4 rings (SSSR count). The number of nitrogens with zero attached hydrogens (tertiary/aromatic N) is 2. The first kappa shape index (κ1) is 16.4. The van der Waals surface area contributed by atoms with Crippen molar-refractivity contribution in [3.63, 3.8) is 0 Å². The second-order valence-electron chi connectivity index (χ2n) is 6.30. The SMILES string of the molecule is Cc1sc2ncn([C@@H]3CCNC[C@H]3O)c(=O)c2c1-c1ccc(F)cc1. The Morgan fingerprint density at radius 1 is 1.36 bits per heavy atom. The molecule has 0 amide bonds. The van der Waals surface area contributed by atoms with Gasteiger partial charge >= 0.3 is 0 Å². The Morgan fingerprint density at radius 3 is 2.84 bits per heavy atom. The Kier molecular flexibility index (Phi) is 4.15. The van der Waals surface area contributed by atoms with E-state index in [0.29, 0.717) is 23.2 Å². The largest absolute Gasteiger partial charge is 0.390 e. The number of hydrogen-bond acceptors (Lipinski definition) is 5. The molecule has 0 bridgehead atoms. The van der Waals surface area contributed by atoms with E-state index in [4.69, 9.17) is 0 Å². The number of fused-ring (bicyclic) bond motifs is 1. The fraction of sp³-hybridized carbons (Fsp3) is 0.333. The number of thiophene rings is 1. The zero-order valence-electron chi connectivity index (χ0n) is 13.7. The van der Waals surface area contributed by atoms with E-state index in [2.05, 4.69) is 10.3 Å². The summed E-state index contributed by atoms with van der Waals surface area (Å²) in [6, 6.07) is 5.86. The number of piperidine rings is 1. The topological polar surface area (TPSA) is 67.2 Å². The maximum Gasteiger partial charge on any atom is 0.263 e. The molecule has 0 saturated carbocycles. The van der Waals surface area contributed by atoms with Crippen LogP contribution in [0.3, 0.4) is 0 Å². The van der Waals surface area contributed by atoms with E-state index in [1.54, 1.807) is 16.7 Å². The first-order chi connectivity index (χ1) is 12.1. The van der Waals surface area contributed by atoms with Crippen molar-refractivity contribution >= 4 is 21.6 Å². The average molecular weight is 359 g/mol. The summed E-state index contributed by atoms with van der Waals surface area (Å²) in [5.41, 5.74) is 1.45. The van der Waals surface area contributed by atoms with Crippen molar-refractivity contribution in [1.29, 1.82) is 0 Å². The van der Waals surface area contributed by atoms with Crippen molar-refractivity contribution < 1.29 is 9.50 Å². The Balaban J connectivity index is 1.92. The Labute approximate surface area is 147 Å². The Hall–Kier alpha value is -2.09. The fourth-order valence-electron chi connectivity index (χ4n) is 3.47. The number of aryl methyl sites for hydroxylation is 1. The molecule has 2 N–H and O–H groups in total. The molecule has 25 heavy (non-hydrogen) atoms. The molecule has 1 fully saturated rings. The summed E-state index contributed by atoms with van der Waals surface area (Å²) in [6.07, 6.45) is 1.58. The van der Waals surface area contributed by atoms with Gasteiger partial charge in [-0.25, -0.2) is 9.37 Å². The summed E-state index contributed by atoms with van der Waals surface area (Å²) in [5.74, 6) is -0.311. The number of halogens is 1. The highest BCUT2D eigenvalue weighted by Crippen LogP contribution is 2.35. The monoisotopic (exact) mass is 359 g/mol. The van der Waals surface area contributed by atoms with Gasteiger partial charge in [0, 0.05) is 17.0 Å². The zero-order valence-corrected chi connectivity index (χ0v) is 14.5. The molecule has 0 unspecified atom stereocenters. The van der Waals surface area contributed by atoms with Gasteiger partial charge in [0.15, 0.2) is 0 Å². The molecule has 3 heterocycles. The van der Waals surface area contributed by atoms with Crippen molar-refractivity contribution in [2.75, 3.05) is 13.1 Å². The minimum Gasteiger partial charge on any atom is -0.390 e. The number of aliphatic hydroxyl groups is 1. The van der Waals surface area contributed by atoms with Crippen LogP contribution in [-0.4, -0.2) is 33.9 Å². The summed E-state index contributed by atoms with van der Waals surface area (Å²) in [7, 11) is 0. The Bertz CT molecular complexity index is 980. The molecule has 0 spiro atoms. The molecule has 1 aromatic carbocycles. The van der Waals surface area contributed by atoms with Gasteiger partial charge in [-0.2, -0.15) is 0 Å². The molecule has 0 radical (unpaired) electrons. The van der Waals surface area contributed by atoms with Crippen LogP contribution in [0.5, 0.6) is 0 Å². The van der Waals surface area contributed by atoms with Crippen LogP contribution in [-0.2, 0) is 0 Å². The number of β-amino-alcohol motifs (C(OH)–C–C–N with tert-alkyl or cyclic N) is 1. The van der Waals surface area contributed by atoms with E-state index in [1.165, 1.54) is 29.8 Å². The maximum absolute atomic E-state index is 13.3. The lowest BCUT2D eigenvalue weighted by Crippen LogP contribution is -2.44. The fourth-order valence-corrected chi connectivity index (χ4v) is 4.47. The van der Waals surface area contributed by atoms with Crippen molar-refractivity contribution in [2.24, 2.45) is 0 Å². The lowest BCUT2D eigenvalue weighted by Gasteiger charge is -2.29. The normalized spacial score (nSPS) is 20.9. The molecule has 1 aliphatic rings. The van der Waals surface area contributed by atoms with Gasteiger partial charge < -0.3 is 10.4 Å². The van der Waals surface area contributed by atoms with Crippen molar-refractivity contribution in [2.45, 2.75) is 25.5 Å². The van der Waals surface area contributed by atoms with Crippen molar-refractivity contribution in [3.8, 4) is 11.1 Å². The molecular weight excluding hydrogens is 341 g/mol. The predicted octanol–water partition coefficient (Wildman–Crippen LogP) is 2.47. The van der Waals surface area contributed by atoms with Crippen molar-refractivity contribution in [1.82, 2.24) is 14.9 Å². The van der Waals surface area contributed by atoms with Gasteiger partial charge in [0.2, 0.25) is 0 Å². The smallest absolute Gasteiger partial charge is 0.263 e. The van der Waals surface area contributed by atoms with Gasteiger partial charge in [0.1, 0.15) is 10.6 Å². The van der Waals surface area contributed by atoms with Gasteiger partial charge in [-0.15, -0.1) is 11.3 Å². The molecule has 130 valence electrons. The summed E-state index contributed by atoms with van der Waals surface area (Å²) in [5, 5.41) is 13.9. The maximum atomic E-state index is 13.3. The predicted molar refractivity (Wildman–Crippen MR) is 96.5 cm³/mol. The van der Waals surface area contributed by atoms with Gasteiger partial charge in [-0.05, 0) is 37.6 Å². The lowest BCUT2D eigenvalue weighted by atomic mass is 10.0. The summed E-state index contributed by atoms with van der Waals surface area (Å²) >= 11 is 1.46. The number of aliphatic hydroxyl groups excluding tert-OH is 1. The van der Waals surface area contributed by atoms with E-state index >= 15 is 0 Å². The molecule has 1 aliphatic heterocycles. The van der Waals surface area contributed by atoms with E-state index in [0.717, 1.165) is 22.5 Å². The lowest BCUT2D eigenvalue weighted by molar-refractivity contribution is 0.0852. The average Bonchev–Trinajstić information content (AvgIpc) is 2.94. The van der Waals surface area contributed by atoms with Crippen LogP contribution in [0.4, 0.5) is 4.39 Å². The Morgan fingerprint density at radius 2 is 2.12 bits per heavy atom. The summed E-state index contributed by atoms with van der Waals surface area (Å²) < 4.78 is 14.8. The first-order valence-electron chi connectivity index (χ1n) is 8.21. The van der Waals surface area contributed by atoms with Crippen LogP contribution in [0.2, 0.25) is 0 Å². The number of rotatable bonds is 2. The number of benzene rings is 1. The minimum absolute atomic E-state index is 0.153. The summed E-state index contributed by atoms with van der Waals surface area (Å²) in [6.45, 7) is 3.15. The highest BCUT2D eigenvalue weighted by Gasteiger charge is 2.27. The molecule has 2 aromatic heterocycles. The summed E-state index contributed by atoms with van der Waals surface area (Å²) in [4.78, 5) is 19.3. The highest BCUT2D eigenvalue weighted by atomic mass is 32.1. The molecule has 5 nitrogen and oxygen atoms in total. The standard InChI is InChI=1S/C18H18FN3O2S/c1-10-15(11-2-4-12(19)5-3-11)16-17(25-10)21-9-22(18(16)24)13-6-7-20-8-14(13)23/h2-5,9,13-14,20,23H,6-8H2,1H3/t13-,14-/m1/s1. The van der Waals surface area contributed by atoms with Crippen LogP contribution in [0.15, 0.2) is 35.4 Å². The third kappa shape index (κ3) is 2.78. The second-order valence-corrected chi connectivity index (χ2v) is 7.51. The van der Waals surface area contributed by atoms with Gasteiger partial charge in [0.25, 0.3) is 5.56 Å². The quantitative estimate of drug-likeness (QED) is 0.738. The first-order valence-corrected chi connectivity index (χ1v) is 9.03. The third-order valence-electron chi connectivity index (χ3n) is 4.72. The van der Waals surface area contributed by atoms with Crippen LogP contribution >= 0.6 is 11.3 Å². The second kappa shape index (κ2) is 6.33. The molecule has 1 saturated heterocycles. The van der Waals surface area contributed by atoms with Crippen LogP contribution in [0.1, 0.15) is 17.3 Å². The van der Waals surface area contributed by atoms with E-state index in [1.807, 2.05) is 6.92 Å². The van der Waals surface area contributed by atoms with Crippen LogP contribution in [0, 0.1) is 12.7 Å². The minimum atomic E-state index is -0.625. The third-order valence-corrected chi connectivity index (χ3v) is 5.73. The van der Waals surface area contributed by atoms with E-state index < -0.39 is 6.10 Å². The number of nitrogens with one attached hydrogen (secondary N) is 1. The molecular formula is C18H18FN3O2S. The van der Waals surface area contributed by atoms with Gasteiger partial charge in [-0.3, -0.25) is 9.36 Å². The number of aromatic nitrogens is 2. The molecule has 3 aromatic rings.